The molecule has 3 rings (SSSR count). The number of hydrazone groups is 1. The van der Waals surface area contributed by atoms with Crippen LogP contribution < -0.4 is 5.43 Å². The molecule has 0 bridgehead atoms. The Morgan fingerprint density at radius 2 is 1.48 bits per heavy atom. The van der Waals surface area contributed by atoms with E-state index in [-0.39, 0.29) is 11.1 Å². The third-order valence-electron chi connectivity index (χ3n) is 4.06. The maximum Gasteiger partial charge on any atom is 0.335 e. The van der Waals surface area contributed by atoms with Crippen LogP contribution in [0.5, 0.6) is 17.2 Å². The summed E-state index contributed by atoms with van der Waals surface area (Å²) in [6, 6.07) is 15.7. The van der Waals surface area contributed by atoms with Crippen molar-refractivity contribution < 1.29 is 30.0 Å². The fourth-order valence-electron chi connectivity index (χ4n) is 2.57. The van der Waals surface area contributed by atoms with Gasteiger partial charge in [-0.05, 0) is 47.0 Å². The van der Waals surface area contributed by atoms with E-state index in [0.29, 0.717) is 5.56 Å². The van der Waals surface area contributed by atoms with E-state index in [9.17, 15) is 24.9 Å². The van der Waals surface area contributed by atoms with Crippen molar-refractivity contribution >= 4 is 18.1 Å². The van der Waals surface area contributed by atoms with Crippen molar-refractivity contribution in [3.05, 3.63) is 77.4 Å². The van der Waals surface area contributed by atoms with Crippen molar-refractivity contribution in [2.24, 2.45) is 5.10 Å². The minimum absolute atomic E-state index is 0.0813. The first-order chi connectivity index (χ1) is 13.8. The summed E-state index contributed by atoms with van der Waals surface area (Å²) in [6.45, 7) is 0. The maximum absolute atomic E-state index is 12.0. The van der Waals surface area contributed by atoms with Gasteiger partial charge in [0.2, 0.25) is 0 Å². The number of carbonyl (C=O) groups is 2. The van der Waals surface area contributed by atoms with Gasteiger partial charge in [-0.3, -0.25) is 4.79 Å². The van der Waals surface area contributed by atoms with Crippen LogP contribution in [0.2, 0.25) is 0 Å². The number of aromatic carboxylic acids is 1. The number of hydrogen-bond donors (Lipinski definition) is 5. The maximum atomic E-state index is 12.0. The first-order valence-corrected chi connectivity index (χ1v) is 8.37. The van der Waals surface area contributed by atoms with E-state index in [0.717, 1.165) is 23.3 Å². The number of carbonyl (C=O) groups excluding carboxylic acids is 1. The molecule has 0 spiro atoms. The van der Waals surface area contributed by atoms with Gasteiger partial charge in [-0.15, -0.1) is 0 Å². The van der Waals surface area contributed by atoms with Crippen LogP contribution in [0.25, 0.3) is 11.1 Å². The summed E-state index contributed by atoms with van der Waals surface area (Å²) in [4.78, 5) is 23.0. The van der Waals surface area contributed by atoms with Gasteiger partial charge in [0, 0.05) is 5.56 Å². The van der Waals surface area contributed by atoms with Crippen molar-refractivity contribution in [1.29, 1.82) is 0 Å². The van der Waals surface area contributed by atoms with Crippen LogP contribution in [0.15, 0.2) is 65.8 Å². The number of nitrogens with one attached hydrogen (secondary N) is 1. The van der Waals surface area contributed by atoms with Gasteiger partial charge < -0.3 is 20.4 Å². The quantitative estimate of drug-likeness (QED) is 0.257. The van der Waals surface area contributed by atoms with Crippen LogP contribution in [0.4, 0.5) is 0 Å². The van der Waals surface area contributed by atoms with Gasteiger partial charge in [-0.1, -0.05) is 30.3 Å². The fourth-order valence-corrected chi connectivity index (χ4v) is 2.57. The van der Waals surface area contributed by atoms with Crippen LogP contribution in [0, 0.1) is 0 Å². The van der Waals surface area contributed by atoms with Gasteiger partial charge in [0.1, 0.15) is 0 Å². The number of benzene rings is 3. The zero-order chi connectivity index (χ0) is 21.0. The number of aromatic hydroxyl groups is 3. The van der Waals surface area contributed by atoms with E-state index in [1.807, 2.05) is 12.1 Å². The Hall–Kier alpha value is -4.33. The highest BCUT2D eigenvalue weighted by molar-refractivity contribution is 5.96. The second-order valence-corrected chi connectivity index (χ2v) is 6.07. The minimum Gasteiger partial charge on any atom is -0.504 e. The topological polar surface area (TPSA) is 139 Å². The Labute approximate surface area is 165 Å². The van der Waals surface area contributed by atoms with Crippen LogP contribution in [0.1, 0.15) is 26.3 Å². The molecule has 0 unspecified atom stereocenters. The van der Waals surface area contributed by atoms with Crippen LogP contribution in [0.3, 0.4) is 0 Å². The fraction of sp³-hybridized carbons (Fsp3) is 0. The average Bonchev–Trinajstić information content (AvgIpc) is 2.72. The van der Waals surface area contributed by atoms with E-state index in [4.69, 9.17) is 5.11 Å². The monoisotopic (exact) mass is 392 g/mol. The molecule has 5 N–H and O–H groups in total. The van der Waals surface area contributed by atoms with E-state index in [2.05, 4.69) is 10.5 Å². The van der Waals surface area contributed by atoms with Crippen LogP contribution in [-0.4, -0.2) is 38.5 Å². The molecule has 8 nitrogen and oxygen atoms in total. The Morgan fingerprint density at radius 3 is 2.10 bits per heavy atom. The van der Waals surface area contributed by atoms with Crippen molar-refractivity contribution in [2.75, 3.05) is 0 Å². The molecule has 0 saturated heterocycles. The number of amides is 1. The number of phenols is 3. The van der Waals surface area contributed by atoms with Crippen molar-refractivity contribution in [3.8, 4) is 28.4 Å². The lowest BCUT2D eigenvalue weighted by molar-refractivity contribution is 0.0696. The smallest absolute Gasteiger partial charge is 0.335 e. The van der Waals surface area contributed by atoms with E-state index < -0.39 is 29.1 Å². The molecule has 0 aliphatic carbocycles. The van der Waals surface area contributed by atoms with E-state index in [1.165, 1.54) is 18.3 Å². The molecule has 146 valence electrons. The predicted octanol–water partition coefficient (Wildman–Crippen LogP) is 2.93. The number of nitrogens with zero attached hydrogens (tertiary/aromatic N) is 1. The molecule has 0 aliphatic rings. The lowest BCUT2D eigenvalue weighted by Gasteiger charge is -2.05. The van der Waals surface area contributed by atoms with E-state index in [1.54, 1.807) is 24.3 Å². The first kappa shape index (κ1) is 19.4. The number of carboxylic acids is 1. The van der Waals surface area contributed by atoms with E-state index >= 15 is 0 Å². The molecule has 3 aromatic rings. The molecule has 1 amide bonds. The van der Waals surface area contributed by atoms with Crippen molar-refractivity contribution in [1.82, 2.24) is 5.43 Å². The predicted molar refractivity (Wildman–Crippen MR) is 105 cm³/mol. The molecular formula is C21H16N2O6. The molecule has 3 aromatic carbocycles. The molecule has 29 heavy (non-hydrogen) atoms. The molecule has 0 saturated carbocycles. The summed E-state index contributed by atoms with van der Waals surface area (Å²) in [6.07, 6.45) is 1.41. The zero-order valence-corrected chi connectivity index (χ0v) is 14.9. The average molecular weight is 392 g/mol. The van der Waals surface area contributed by atoms with Gasteiger partial charge >= 0.3 is 5.97 Å². The Bertz CT molecular complexity index is 1080. The second kappa shape index (κ2) is 8.13. The largest absolute Gasteiger partial charge is 0.504 e. The number of rotatable bonds is 5. The molecule has 0 aromatic heterocycles. The summed E-state index contributed by atoms with van der Waals surface area (Å²) < 4.78 is 0. The summed E-state index contributed by atoms with van der Waals surface area (Å²) in [5, 5.41) is 41.0. The molecule has 0 radical (unpaired) electrons. The third kappa shape index (κ3) is 4.51. The van der Waals surface area contributed by atoms with Crippen molar-refractivity contribution in [3.63, 3.8) is 0 Å². The summed E-state index contributed by atoms with van der Waals surface area (Å²) in [5.41, 5.74) is 4.72. The lowest BCUT2D eigenvalue weighted by Crippen LogP contribution is -2.17. The molecule has 0 fully saturated rings. The van der Waals surface area contributed by atoms with Gasteiger partial charge in [0.25, 0.3) is 5.91 Å². The normalized spacial score (nSPS) is 10.8. The third-order valence-corrected chi connectivity index (χ3v) is 4.06. The molecule has 0 atom stereocenters. The SMILES string of the molecule is O=C(O)c1ccc(-c2cccc(/C=N/NC(=O)c3cc(O)c(O)c(O)c3)c2)cc1. The first-order valence-electron chi connectivity index (χ1n) is 8.37. The number of carboxylic acid groups (broad SMARTS) is 1. The molecule has 0 heterocycles. The van der Waals surface area contributed by atoms with Gasteiger partial charge in [0.05, 0.1) is 11.8 Å². The highest BCUT2D eigenvalue weighted by atomic mass is 16.4. The molecule has 8 heteroatoms. The Kier molecular flexibility index (Phi) is 5.45. The van der Waals surface area contributed by atoms with Gasteiger partial charge in [0.15, 0.2) is 17.2 Å². The summed E-state index contributed by atoms with van der Waals surface area (Å²) >= 11 is 0. The highest BCUT2D eigenvalue weighted by Crippen LogP contribution is 2.35. The number of phenolic OH excluding ortho intramolecular Hbond substituents is 3. The van der Waals surface area contributed by atoms with Gasteiger partial charge in [-0.2, -0.15) is 5.10 Å². The minimum atomic E-state index is -0.997. The highest BCUT2D eigenvalue weighted by Gasteiger charge is 2.13. The Balaban J connectivity index is 1.72. The van der Waals surface area contributed by atoms with Crippen LogP contribution >= 0.6 is 0 Å². The second-order valence-electron chi connectivity index (χ2n) is 6.07. The molecular weight excluding hydrogens is 376 g/mol. The van der Waals surface area contributed by atoms with Crippen LogP contribution in [-0.2, 0) is 0 Å². The summed E-state index contributed by atoms with van der Waals surface area (Å²) in [5.74, 6) is -3.64. The standard InChI is InChI=1S/C21H16N2O6/c24-17-9-16(10-18(25)19(17)26)20(27)23-22-11-12-2-1-3-15(8-12)13-4-6-14(7-5-13)21(28)29/h1-11,24-26H,(H,23,27)(H,28,29)/b22-11+. The zero-order valence-electron chi connectivity index (χ0n) is 14.9. The summed E-state index contributed by atoms with van der Waals surface area (Å²) in [7, 11) is 0. The van der Waals surface area contributed by atoms with Crippen molar-refractivity contribution in [2.45, 2.75) is 0 Å². The lowest BCUT2D eigenvalue weighted by atomic mass is 10.0. The molecule has 0 aliphatic heterocycles. The number of hydrogen-bond acceptors (Lipinski definition) is 6. The van der Waals surface area contributed by atoms with Gasteiger partial charge in [-0.25, -0.2) is 10.2 Å². The Morgan fingerprint density at radius 1 is 0.828 bits per heavy atom.